The van der Waals surface area contributed by atoms with Gasteiger partial charge in [-0.25, -0.2) is 0 Å². The molecule has 0 aliphatic heterocycles. The van der Waals surface area contributed by atoms with E-state index in [0.717, 1.165) is 12.3 Å². The number of hydrogen-bond acceptors (Lipinski definition) is 1. The van der Waals surface area contributed by atoms with Crippen LogP contribution in [0, 0.1) is 5.92 Å². The topological polar surface area (TPSA) is 20.2 Å². The zero-order chi connectivity index (χ0) is 8.55. The number of phenolic OH excluding ortho intramolecular Hbond substituents is 1. The molecule has 1 aromatic carbocycles. The first-order valence-corrected chi connectivity index (χ1v) is 4.60. The molecule has 1 unspecified atom stereocenters. The molecule has 0 amide bonds. The summed E-state index contributed by atoms with van der Waals surface area (Å²) in [5.41, 5.74) is 2.78. The minimum Gasteiger partial charge on any atom is -0.508 e. The fourth-order valence-corrected chi connectivity index (χ4v) is 1.98. The third-order valence-electron chi connectivity index (χ3n) is 2.78. The van der Waals surface area contributed by atoms with Gasteiger partial charge >= 0.3 is 0 Å². The highest BCUT2D eigenvalue weighted by Gasteiger charge is 2.19. The van der Waals surface area contributed by atoms with Crippen LogP contribution in [-0.4, -0.2) is 5.11 Å². The molecule has 1 aliphatic rings. The molecule has 1 N–H and O–H groups in total. The molecule has 0 spiro atoms. The van der Waals surface area contributed by atoms with Gasteiger partial charge in [-0.3, -0.25) is 0 Å². The highest BCUT2D eigenvalue weighted by molar-refractivity contribution is 5.38. The summed E-state index contributed by atoms with van der Waals surface area (Å²) in [4.78, 5) is 0. The van der Waals surface area contributed by atoms with Crippen molar-refractivity contribution in [2.75, 3.05) is 0 Å². The van der Waals surface area contributed by atoms with Crippen LogP contribution >= 0.6 is 0 Å². The molecule has 64 valence electrons. The molecule has 12 heavy (non-hydrogen) atoms. The van der Waals surface area contributed by atoms with Crippen LogP contribution in [0.4, 0.5) is 0 Å². The van der Waals surface area contributed by atoms with E-state index < -0.39 is 0 Å². The Hall–Kier alpha value is -0.980. The molecule has 0 fully saturated rings. The number of benzene rings is 1. The Kier molecular flexibility index (Phi) is 1.80. The van der Waals surface area contributed by atoms with Crippen molar-refractivity contribution in [3.05, 3.63) is 29.3 Å². The van der Waals surface area contributed by atoms with Gasteiger partial charge in [-0.2, -0.15) is 0 Å². The fraction of sp³-hybridized carbons (Fsp3) is 0.455. The molecule has 0 saturated carbocycles. The van der Waals surface area contributed by atoms with Gasteiger partial charge < -0.3 is 5.11 Å². The van der Waals surface area contributed by atoms with Crippen LogP contribution in [0.25, 0.3) is 0 Å². The average molecular weight is 162 g/mol. The van der Waals surface area contributed by atoms with Crippen LogP contribution in [0.3, 0.4) is 0 Å². The van der Waals surface area contributed by atoms with Crippen LogP contribution in [0.15, 0.2) is 18.2 Å². The van der Waals surface area contributed by atoms with Crippen molar-refractivity contribution in [2.24, 2.45) is 5.92 Å². The monoisotopic (exact) mass is 162 g/mol. The van der Waals surface area contributed by atoms with Crippen molar-refractivity contribution in [1.29, 1.82) is 0 Å². The molecule has 1 heteroatoms. The fourth-order valence-electron chi connectivity index (χ4n) is 1.98. The van der Waals surface area contributed by atoms with E-state index in [1.807, 2.05) is 6.07 Å². The van der Waals surface area contributed by atoms with Crippen molar-refractivity contribution in [2.45, 2.75) is 26.2 Å². The first kappa shape index (κ1) is 7.66. The van der Waals surface area contributed by atoms with Gasteiger partial charge in [0, 0.05) is 0 Å². The minimum absolute atomic E-state index is 0.408. The molecule has 0 radical (unpaired) electrons. The van der Waals surface area contributed by atoms with E-state index in [-0.39, 0.29) is 0 Å². The Morgan fingerprint density at radius 2 is 2.08 bits per heavy atom. The summed E-state index contributed by atoms with van der Waals surface area (Å²) in [6, 6.07) is 5.75. The van der Waals surface area contributed by atoms with Gasteiger partial charge in [0.1, 0.15) is 5.75 Å². The average Bonchev–Trinajstić information content (AvgIpc) is 2.46. The van der Waals surface area contributed by atoms with Crippen LogP contribution in [0.2, 0.25) is 0 Å². The minimum atomic E-state index is 0.408. The van der Waals surface area contributed by atoms with Gasteiger partial charge in [0.15, 0.2) is 0 Å². The highest BCUT2D eigenvalue weighted by Crippen LogP contribution is 2.30. The highest BCUT2D eigenvalue weighted by atomic mass is 16.3. The molecule has 0 aromatic heterocycles. The van der Waals surface area contributed by atoms with Crippen LogP contribution in [-0.2, 0) is 12.8 Å². The smallest absolute Gasteiger partial charge is 0.115 e. The first-order chi connectivity index (χ1) is 5.79. The number of hydrogen-bond donors (Lipinski definition) is 1. The standard InChI is InChI=1S/C11H14O/c1-2-8-5-9-3-4-11(12)7-10(9)6-8/h3-4,7-8,12H,2,5-6H2,1H3. The second-order valence-corrected chi connectivity index (χ2v) is 3.64. The lowest BCUT2D eigenvalue weighted by atomic mass is 10.0. The van der Waals surface area contributed by atoms with Crippen molar-refractivity contribution in [3.8, 4) is 5.75 Å². The van der Waals surface area contributed by atoms with Gasteiger partial charge in [0.05, 0.1) is 0 Å². The summed E-state index contributed by atoms with van der Waals surface area (Å²) in [6.45, 7) is 2.23. The van der Waals surface area contributed by atoms with Crippen molar-refractivity contribution >= 4 is 0 Å². The number of aromatic hydroxyl groups is 1. The zero-order valence-electron chi connectivity index (χ0n) is 7.38. The van der Waals surface area contributed by atoms with E-state index in [4.69, 9.17) is 0 Å². The Morgan fingerprint density at radius 1 is 1.33 bits per heavy atom. The van der Waals surface area contributed by atoms with Gasteiger partial charge in [-0.15, -0.1) is 0 Å². The maximum absolute atomic E-state index is 9.26. The Morgan fingerprint density at radius 3 is 2.83 bits per heavy atom. The van der Waals surface area contributed by atoms with Crippen LogP contribution in [0.5, 0.6) is 5.75 Å². The van der Waals surface area contributed by atoms with Gasteiger partial charge in [0.2, 0.25) is 0 Å². The quantitative estimate of drug-likeness (QED) is 0.672. The molecule has 1 atom stereocenters. The molecule has 0 saturated heterocycles. The molecule has 2 rings (SSSR count). The van der Waals surface area contributed by atoms with E-state index in [9.17, 15) is 5.11 Å². The lowest BCUT2D eigenvalue weighted by molar-refractivity contribution is 0.474. The summed E-state index contributed by atoms with van der Waals surface area (Å²) >= 11 is 0. The molecule has 1 nitrogen and oxygen atoms in total. The summed E-state index contributed by atoms with van der Waals surface area (Å²) in [7, 11) is 0. The van der Waals surface area contributed by atoms with Gasteiger partial charge in [-0.05, 0) is 42.0 Å². The van der Waals surface area contributed by atoms with E-state index in [2.05, 4.69) is 13.0 Å². The van der Waals surface area contributed by atoms with Crippen LogP contribution in [0.1, 0.15) is 24.5 Å². The van der Waals surface area contributed by atoms with Crippen molar-refractivity contribution in [1.82, 2.24) is 0 Å². The largest absolute Gasteiger partial charge is 0.508 e. The molecular formula is C11H14O. The predicted octanol–water partition coefficient (Wildman–Crippen LogP) is 2.52. The molecule has 0 bridgehead atoms. The van der Waals surface area contributed by atoms with Gasteiger partial charge in [0.25, 0.3) is 0 Å². The maximum Gasteiger partial charge on any atom is 0.115 e. The van der Waals surface area contributed by atoms with E-state index in [0.29, 0.717) is 5.75 Å². The first-order valence-electron chi connectivity index (χ1n) is 4.60. The third-order valence-corrected chi connectivity index (χ3v) is 2.78. The lowest BCUT2D eigenvalue weighted by Gasteiger charge is -2.01. The lowest BCUT2D eigenvalue weighted by Crippen LogP contribution is -1.95. The van der Waals surface area contributed by atoms with Crippen molar-refractivity contribution < 1.29 is 5.11 Å². The Labute approximate surface area is 73.0 Å². The maximum atomic E-state index is 9.26. The van der Waals surface area contributed by atoms with Crippen molar-refractivity contribution in [3.63, 3.8) is 0 Å². The van der Waals surface area contributed by atoms with Crippen LogP contribution < -0.4 is 0 Å². The normalized spacial score (nSPS) is 20.9. The molecule has 1 aromatic rings. The third kappa shape index (κ3) is 1.20. The zero-order valence-corrected chi connectivity index (χ0v) is 7.38. The predicted molar refractivity (Wildman–Crippen MR) is 49.3 cm³/mol. The Balaban J connectivity index is 2.30. The second kappa shape index (κ2) is 2.81. The molecular weight excluding hydrogens is 148 g/mol. The van der Waals surface area contributed by atoms with Gasteiger partial charge in [-0.1, -0.05) is 19.4 Å². The summed E-state index contributed by atoms with van der Waals surface area (Å²) < 4.78 is 0. The summed E-state index contributed by atoms with van der Waals surface area (Å²) in [6.07, 6.45) is 3.60. The second-order valence-electron chi connectivity index (χ2n) is 3.64. The van der Waals surface area contributed by atoms with E-state index in [1.165, 1.54) is 24.0 Å². The number of phenols is 1. The number of fused-ring (bicyclic) bond motifs is 1. The molecule has 0 heterocycles. The number of rotatable bonds is 1. The SMILES string of the molecule is CCC1Cc2ccc(O)cc2C1. The summed E-state index contributed by atoms with van der Waals surface area (Å²) in [5.74, 6) is 1.22. The Bertz CT molecular complexity index is 291. The summed E-state index contributed by atoms with van der Waals surface area (Å²) in [5, 5.41) is 9.26. The molecule has 1 aliphatic carbocycles. The van der Waals surface area contributed by atoms with E-state index in [1.54, 1.807) is 6.07 Å². The van der Waals surface area contributed by atoms with E-state index >= 15 is 0 Å².